The molecular weight excluding hydrogens is 274 g/mol. The molecule has 0 aromatic heterocycles. The molecule has 0 heterocycles. The van der Waals surface area contributed by atoms with Gasteiger partial charge in [0.25, 0.3) is 0 Å². The lowest BCUT2D eigenvalue weighted by atomic mass is 9.77. The maximum atomic E-state index is 12.1. The zero-order valence-corrected chi connectivity index (χ0v) is 8.60. The molecule has 2 N–H and O–H groups in total. The number of rotatable bonds is 5. The number of carbonyl (C=O) groups is 2. The van der Waals surface area contributed by atoms with Crippen molar-refractivity contribution in [2.24, 2.45) is 5.41 Å². The molecular formula is C8H8F6O4. The minimum absolute atomic E-state index is 1.76. The third kappa shape index (κ3) is 5.73. The van der Waals surface area contributed by atoms with Gasteiger partial charge in [0.05, 0.1) is 24.7 Å². The topological polar surface area (TPSA) is 74.6 Å². The van der Waals surface area contributed by atoms with Crippen LogP contribution < -0.4 is 0 Å². The third-order valence-corrected chi connectivity index (χ3v) is 2.02. The molecule has 0 fully saturated rings. The first-order valence-corrected chi connectivity index (χ1v) is 4.36. The zero-order valence-electron chi connectivity index (χ0n) is 8.60. The second kappa shape index (κ2) is 5.02. The monoisotopic (exact) mass is 282 g/mol. The van der Waals surface area contributed by atoms with Gasteiger partial charge in [-0.2, -0.15) is 26.3 Å². The first-order chi connectivity index (χ1) is 7.77. The summed E-state index contributed by atoms with van der Waals surface area (Å²) >= 11 is 0. The van der Waals surface area contributed by atoms with Crippen molar-refractivity contribution >= 4 is 11.9 Å². The highest BCUT2D eigenvalue weighted by molar-refractivity contribution is 5.81. The predicted octanol–water partition coefficient (Wildman–Crippen LogP) is 2.44. The molecule has 0 atom stereocenters. The normalized spacial score (nSPS) is 13.4. The fourth-order valence-corrected chi connectivity index (χ4v) is 1.47. The summed E-state index contributed by atoms with van der Waals surface area (Å²) in [6, 6.07) is 0. The largest absolute Gasteiger partial charge is 0.481 e. The Morgan fingerprint density at radius 1 is 0.833 bits per heavy atom. The molecule has 0 unspecified atom stereocenters. The van der Waals surface area contributed by atoms with Crippen LogP contribution in [-0.2, 0) is 9.59 Å². The van der Waals surface area contributed by atoms with Gasteiger partial charge in [-0.1, -0.05) is 0 Å². The number of aliphatic carboxylic acids is 2. The minimum atomic E-state index is -5.22. The van der Waals surface area contributed by atoms with Crippen LogP contribution in [0.5, 0.6) is 0 Å². The Bertz CT molecular complexity index is 315. The lowest BCUT2D eigenvalue weighted by Crippen LogP contribution is -2.41. The fraction of sp³-hybridized carbons (Fsp3) is 0.750. The maximum absolute atomic E-state index is 12.1. The van der Waals surface area contributed by atoms with E-state index in [0.717, 1.165) is 0 Å². The van der Waals surface area contributed by atoms with Crippen LogP contribution in [0.4, 0.5) is 26.3 Å². The van der Waals surface area contributed by atoms with Crippen LogP contribution in [0.3, 0.4) is 0 Å². The van der Waals surface area contributed by atoms with E-state index in [0.29, 0.717) is 0 Å². The highest BCUT2D eigenvalue weighted by Crippen LogP contribution is 2.44. The lowest BCUT2D eigenvalue weighted by molar-refractivity contribution is -0.209. The molecule has 0 radical (unpaired) electrons. The Labute approximate surface area is 96.2 Å². The average Bonchev–Trinajstić information content (AvgIpc) is 1.93. The smallest absolute Gasteiger partial charge is 0.390 e. The van der Waals surface area contributed by atoms with Gasteiger partial charge >= 0.3 is 24.3 Å². The Balaban J connectivity index is 5.43. The molecule has 10 heteroatoms. The van der Waals surface area contributed by atoms with Gasteiger partial charge < -0.3 is 10.2 Å². The van der Waals surface area contributed by atoms with Crippen LogP contribution in [0.15, 0.2) is 0 Å². The zero-order chi connectivity index (χ0) is 14.8. The highest BCUT2D eigenvalue weighted by Gasteiger charge is 2.54. The molecule has 0 saturated heterocycles. The van der Waals surface area contributed by atoms with E-state index < -0.39 is 49.0 Å². The molecule has 0 aromatic rings. The first kappa shape index (κ1) is 16.5. The van der Waals surface area contributed by atoms with Gasteiger partial charge in [0.15, 0.2) is 0 Å². The summed E-state index contributed by atoms with van der Waals surface area (Å²) in [6.45, 7) is 0. The summed E-state index contributed by atoms with van der Waals surface area (Å²) in [5, 5.41) is 16.8. The second-order valence-corrected chi connectivity index (χ2v) is 3.74. The molecule has 0 aliphatic carbocycles. The fourth-order valence-electron chi connectivity index (χ4n) is 1.47. The number of hydrogen-bond donors (Lipinski definition) is 2. The summed E-state index contributed by atoms with van der Waals surface area (Å²) in [5.74, 6) is -4.49. The van der Waals surface area contributed by atoms with Crippen molar-refractivity contribution in [3.8, 4) is 0 Å². The molecule has 0 bridgehead atoms. The molecule has 0 aliphatic rings. The van der Waals surface area contributed by atoms with Crippen LogP contribution in [-0.4, -0.2) is 34.5 Å². The molecule has 0 saturated carbocycles. The Morgan fingerprint density at radius 3 is 1.33 bits per heavy atom. The Hall–Kier alpha value is -1.48. The van der Waals surface area contributed by atoms with Gasteiger partial charge in [-0.05, 0) is 0 Å². The Kier molecular flexibility index (Phi) is 4.61. The first-order valence-electron chi connectivity index (χ1n) is 4.36. The summed E-state index contributed by atoms with van der Waals surface area (Å²) in [4.78, 5) is 20.9. The molecule has 106 valence electrons. The van der Waals surface area contributed by atoms with E-state index in [-0.39, 0.29) is 0 Å². The van der Waals surface area contributed by atoms with Gasteiger partial charge in [-0.15, -0.1) is 0 Å². The van der Waals surface area contributed by atoms with E-state index in [4.69, 9.17) is 10.2 Å². The van der Waals surface area contributed by atoms with Crippen molar-refractivity contribution in [2.45, 2.75) is 31.6 Å². The second-order valence-electron chi connectivity index (χ2n) is 3.74. The van der Waals surface area contributed by atoms with Crippen molar-refractivity contribution < 1.29 is 46.1 Å². The van der Waals surface area contributed by atoms with E-state index >= 15 is 0 Å². The van der Waals surface area contributed by atoms with Crippen LogP contribution in [0.2, 0.25) is 0 Å². The molecule has 0 spiro atoms. The van der Waals surface area contributed by atoms with E-state index in [1.165, 1.54) is 0 Å². The quantitative estimate of drug-likeness (QED) is 0.759. The number of alkyl halides is 6. The highest BCUT2D eigenvalue weighted by atomic mass is 19.4. The van der Waals surface area contributed by atoms with Crippen molar-refractivity contribution in [2.75, 3.05) is 0 Å². The van der Waals surface area contributed by atoms with Crippen LogP contribution in [0.1, 0.15) is 19.3 Å². The predicted molar refractivity (Wildman–Crippen MR) is 43.7 cm³/mol. The van der Waals surface area contributed by atoms with Crippen molar-refractivity contribution in [1.82, 2.24) is 0 Å². The maximum Gasteiger partial charge on any atom is 0.390 e. The number of hydrogen-bond acceptors (Lipinski definition) is 2. The molecule has 0 aromatic carbocycles. The Morgan fingerprint density at radius 2 is 1.17 bits per heavy atom. The molecule has 0 aliphatic heterocycles. The molecule has 18 heavy (non-hydrogen) atoms. The molecule has 0 amide bonds. The van der Waals surface area contributed by atoms with E-state index in [1.807, 2.05) is 0 Å². The van der Waals surface area contributed by atoms with E-state index in [1.54, 1.807) is 0 Å². The molecule has 0 rings (SSSR count). The number of carboxylic acids is 2. The SMILES string of the molecule is O=C(O)CC(CC(F)(F)F)(CC(F)(F)F)C(=O)O. The lowest BCUT2D eigenvalue weighted by Gasteiger charge is -2.29. The van der Waals surface area contributed by atoms with Crippen molar-refractivity contribution in [1.29, 1.82) is 0 Å². The summed E-state index contributed by atoms with van der Waals surface area (Å²) < 4.78 is 72.7. The van der Waals surface area contributed by atoms with Gasteiger partial charge in [-0.25, -0.2) is 0 Å². The van der Waals surface area contributed by atoms with Gasteiger partial charge in [-0.3, -0.25) is 9.59 Å². The van der Waals surface area contributed by atoms with Gasteiger partial charge in [0, 0.05) is 0 Å². The van der Waals surface area contributed by atoms with E-state index in [2.05, 4.69) is 0 Å². The van der Waals surface area contributed by atoms with Crippen LogP contribution >= 0.6 is 0 Å². The van der Waals surface area contributed by atoms with Crippen molar-refractivity contribution in [3.63, 3.8) is 0 Å². The number of carboxylic acid groups (broad SMARTS) is 2. The number of halogens is 6. The van der Waals surface area contributed by atoms with Gasteiger partial charge in [0.2, 0.25) is 0 Å². The van der Waals surface area contributed by atoms with Crippen LogP contribution in [0, 0.1) is 5.41 Å². The van der Waals surface area contributed by atoms with E-state index in [9.17, 15) is 35.9 Å². The summed E-state index contributed by atoms with van der Waals surface area (Å²) in [6.07, 6.45) is -16.9. The standard InChI is InChI=1S/C8H8F6O4/c9-7(10,11)2-6(5(17)18,1-4(15)16)3-8(12,13)14/h1-3H2,(H,15,16)(H,17,18). The molecule has 4 nitrogen and oxygen atoms in total. The van der Waals surface area contributed by atoms with Crippen molar-refractivity contribution in [3.05, 3.63) is 0 Å². The summed E-state index contributed by atoms with van der Waals surface area (Å²) in [5.41, 5.74) is -3.44. The average molecular weight is 282 g/mol. The van der Waals surface area contributed by atoms with Gasteiger partial charge in [0.1, 0.15) is 0 Å². The third-order valence-electron chi connectivity index (χ3n) is 2.02. The minimum Gasteiger partial charge on any atom is -0.481 e. The van der Waals surface area contributed by atoms with Crippen LogP contribution in [0.25, 0.3) is 0 Å². The summed E-state index contributed by atoms with van der Waals surface area (Å²) in [7, 11) is 0.